The number of rotatable bonds is 7. The Labute approximate surface area is 204 Å². The molecular weight excluding hydrogens is 527 g/mol. The maximum Gasteiger partial charge on any atom is 0.246 e. The van der Waals surface area contributed by atoms with Crippen LogP contribution in [0.4, 0.5) is 5.69 Å². The average molecular weight is 553 g/mol. The van der Waals surface area contributed by atoms with Gasteiger partial charge in [-0.15, -0.1) is 24.0 Å². The standard InChI is InChI=1S/C22H25ClN6O.HI/c1-24-22(28(2)15-17-7-9-19(23)10-8-17)25-14-18-5-3-6-20(13-18)27-21(30)16-29-12-4-11-26-29;/h3-13H,14-16H2,1-2H3,(H,24,25)(H,27,30);1H. The van der Waals surface area contributed by atoms with Crippen molar-refractivity contribution < 1.29 is 4.79 Å². The molecule has 1 aromatic heterocycles. The molecule has 0 aliphatic heterocycles. The van der Waals surface area contributed by atoms with Gasteiger partial charge in [0.15, 0.2) is 5.96 Å². The van der Waals surface area contributed by atoms with Crippen LogP contribution in [0.3, 0.4) is 0 Å². The van der Waals surface area contributed by atoms with Gasteiger partial charge in [-0.25, -0.2) is 0 Å². The van der Waals surface area contributed by atoms with Crippen LogP contribution in [0.5, 0.6) is 0 Å². The van der Waals surface area contributed by atoms with Crippen LogP contribution in [0.1, 0.15) is 11.1 Å². The van der Waals surface area contributed by atoms with Gasteiger partial charge in [-0.05, 0) is 41.5 Å². The molecule has 1 heterocycles. The van der Waals surface area contributed by atoms with Gasteiger partial charge in [0.2, 0.25) is 5.91 Å². The molecule has 9 heteroatoms. The summed E-state index contributed by atoms with van der Waals surface area (Å²) < 4.78 is 1.58. The number of anilines is 1. The van der Waals surface area contributed by atoms with E-state index in [2.05, 4.69) is 20.7 Å². The fourth-order valence-electron chi connectivity index (χ4n) is 3.01. The van der Waals surface area contributed by atoms with Crippen LogP contribution in [-0.4, -0.2) is 40.6 Å². The highest BCUT2D eigenvalue weighted by Gasteiger charge is 2.08. The minimum atomic E-state index is -0.123. The van der Waals surface area contributed by atoms with Gasteiger partial charge in [0.1, 0.15) is 6.54 Å². The molecule has 0 atom stereocenters. The summed E-state index contributed by atoms with van der Waals surface area (Å²) in [5.41, 5.74) is 2.93. The minimum absolute atomic E-state index is 0. The zero-order valence-corrected chi connectivity index (χ0v) is 20.5. The number of amides is 1. The molecule has 0 aliphatic carbocycles. The number of aromatic nitrogens is 2. The summed E-state index contributed by atoms with van der Waals surface area (Å²) in [6.45, 7) is 1.47. The molecule has 0 radical (unpaired) electrons. The van der Waals surface area contributed by atoms with E-state index in [1.54, 1.807) is 30.2 Å². The highest BCUT2D eigenvalue weighted by Crippen LogP contribution is 2.12. The second-order valence-electron chi connectivity index (χ2n) is 6.84. The van der Waals surface area contributed by atoms with Crippen molar-refractivity contribution in [1.29, 1.82) is 0 Å². The number of aliphatic imine (C=N–C) groups is 1. The molecular formula is C22H26ClIN6O. The molecule has 3 aromatic rings. The lowest BCUT2D eigenvalue weighted by Gasteiger charge is -2.22. The van der Waals surface area contributed by atoms with Gasteiger partial charge < -0.3 is 15.5 Å². The van der Waals surface area contributed by atoms with Crippen molar-refractivity contribution in [2.24, 2.45) is 4.99 Å². The van der Waals surface area contributed by atoms with Gasteiger partial charge in [-0.2, -0.15) is 5.10 Å². The van der Waals surface area contributed by atoms with Crippen LogP contribution in [0.15, 0.2) is 72.0 Å². The number of nitrogens with one attached hydrogen (secondary N) is 2. The Morgan fingerprint density at radius 1 is 1.16 bits per heavy atom. The summed E-state index contributed by atoms with van der Waals surface area (Å²) in [5.74, 6) is 0.653. The highest BCUT2D eigenvalue weighted by molar-refractivity contribution is 14.0. The molecule has 0 aliphatic rings. The summed E-state index contributed by atoms with van der Waals surface area (Å²) >= 11 is 5.95. The lowest BCUT2D eigenvalue weighted by molar-refractivity contribution is -0.116. The first-order valence-corrected chi connectivity index (χ1v) is 9.94. The monoisotopic (exact) mass is 552 g/mol. The van der Waals surface area contributed by atoms with E-state index in [-0.39, 0.29) is 36.4 Å². The Morgan fingerprint density at radius 2 is 1.94 bits per heavy atom. The quantitative estimate of drug-likeness (QED) is 0.264. The number of halogens is 2. The van der Waals surface area contributed by atoms with E-state index in [0.29, 0.717) is 13.1 Å². The van der Waals surface area contributed by atoms with Gasteiger partial charge in [-0.3, -0.25) is 14.5 Å². The van der Waals surface area contributed by atoms with Crippen molar-refractivity contribution in [3.8, 4) is 0 Å². The van der Waals surface area contributed by atoms with Gasteiger partial charge in [0.25, 0.3) is 0 Å². The lowest BCUT2D eigenvalue weighted by atomic mass is 10.2. The third kappa shape index (κ3) is 7.87. The van der Waals surface area contributed by atoms with E-state index in [1.807, 2.05) is 60.5 Å². The van der Waals surface area contributed by atoms with Crippen LogP contribution in [-0.2, 0) is 24.4 Å². The number of hydrogen-bond acceptors (Lipinski definition) is 3. The number of hydrogen-bond donors (Lipinski definition) is 2. The minimum Gasteiger partial charge on any atom is -0.352 e. The predicted molar refractivity (Wildman–Crippen MR) is 136 cm³/mol. The van der Waals surface area contributed by atoms with Gasteiger partial charge in [0, 0.05) is 50.3 Å². The van der Waals surface area contributed by atoms with Crippen molar-refractivity contribution >= 4 is 53.1 Å². The molecule has 164 valence electrons. The first-order chi connectivity index (χ1) is 14.5. The lowest BCUT2D eigenvalue weighted by Crippen LogP contribution is -2.38. The highest BCUT2D eigenvalue weighted by atomic mass is 127. The number of guanidine groups is 1. The largest absolute Gasteiger partial charge is 0.352 e. The Kier molecular flexibility index (Phi) is 9.80. The van der Waals surface area contributed by atoms with Gasteiger partial charge in [-0.1, -0.05) is 35.9 Å². The van der Waals surface area contributed by atoms with E-state index in [1.165, 1.54) is 0 Å². The topological polar surface area (TPSA) is 74.5 Å². The molecule has 2 aromatic carbocycles. The number of carbonyl (C=O) groups excluding carboxylic acids is 1. The molecule has 0 fully saturated rings. The fraction of sp³-hybridized carbons (Fsp3) is 0.227. The molecule has 3 rings (SSSR count). The van der Waals surface area contributed by atoms with E-state index < -0.39 is 0 Å². The third-order valence-electron chi connectivity index (χ3n) is 4.43. The van der Waals surface area contributed by atoms with Crippen molar-refractivity contribution in [2.75, 3.05) is 19.4 Å². The molecule has 2 N–H and O–H groups in total. The normalized spacial score (nSPS) is 10.9. The van der Waals surface area contributed by atoms with E-state index in [0.717, 1.165) is 27.8 Å². The molecule has 0 bridgehead atoms. The van der Waals surface area contributed by atoms with Crippen molar-refractivity contribution in [1.82, 2.24) is 20.0 Å². The molecule has 0 saturated carbocycles. The second kappa shape index (κ2) is 12.3. The van der Waals surface area contributed by atoms with Crippen LogP contribution in [0, 0.1) is 0 Å². The Morgan fingerprint density at radius 3 is 2.61 bits per heavy atom. The summed E-state index contributed by atoms with van der Waals surface area (Å²) in [6.07, 6.45) is 3.41. The van der Waals surface area contributed by atoms with E-state index in [4.69, 9.17) is 11.6 Å². The van der Waals surface area contributed by atoms with Crippen molar-refractivity contribution in [3.63, 3.8) is 0 Å². The average Bonchev–Trinajstić information content (AvgIpc) is 3.23. The van der Waals surface area contributed by atoms with Crippen LogP contribution in [0.2, 0.25) is 5.02 Å². The molecule has 0 unspecified atom stereocenters. The molecule has 0 saturated heterocycles. The fourth-order valence-corrected chi connectivity index (χ4v) is 3.13. The van der Waals surface area contributed by atoms with Crippen LogP contribution >= 0.6 is 35.6 Å². The van der Waals surface area contributed by atoms with Gasteiger partial charge in [0.05, 0.1) is 0 Å². The van der Waals surface area contributed by atoms with Crippen molar-refractivity contribution in [3.05, 3.63) is 83.1 Å². The Bertz CT molecular complexity index is 992. The summed E-state index contributed by atoms with van der Waals surface area (Å²) in [7, 11) is 3.74. The number of carbonyl (C=O) groups is 1. The molecule has 7 nitrogen and oxygen atoms in total. The van der Waals surface area contributed by atoms with Crippen molar-refractivity contribution in [2.45, 2.75) is 19.6 Å². The summed E-state index contributed by atoms with van der Waals surface area (Å²) in [6, 6.07) is 17.3. The SMILES string of the molecule is CN=C(NCc1cccc(NC(=O)Cn2cccn2)c1)N(C)Cc1ccc(Cl)cc1.I. The Hall–Kier alpha value is -2.59. The first-order valence-electron chi connectivity index (χ1n) is 9.56. The third-order valence-corrected chi connectivity index (χ3v) is 4.68. The zero-order valence-electron chi connectivity index (χ0n) is 17.5. The first kappa shape index (κ1) is 24.7. The number of nitrogens with zero attached hydrogens (tertiary/aromatic N) is 4. The Balaban J connectivity index is 0.00000341. The van der Waals surface area contributed by atoms with E-state index in [9.17, 15) is 4.79 Å². The van der Waals surface area contributed by atoms with Crippen LogP contribution < -0.4 is 10.6 Å². The maximum atomic E-state index is 12.2. The van der Waals surface area contributed by atoms with Crippen LogP contribution in [0.25, 0.3) is 0 Å². The zero-order chi connectivity index (χ0) is 21.3. The molecule has 31 heavy (non-hydrogen) atoms. The molecule has 0 spiro atoms. The maximum absolute atomic E-state index is 12.2. The number of benzene rings is 2. The van der Waals surface area contributed by atoms with E-state index >= 15 is 0 Å². The predicted octanol–water partition coefficient (Wildman–Crippen LogP) is 4.00. The molecule has 1 amide bonds. The smallest absolute Gasteiger partial charge is 0.246 e. The summed E-state index contributed by atoms with van der Waals surface area (Å²) in [4.78, 5) is 18.6. The second-order valence-corrected chi connectivity index (χ2v) is 7.27. The van der Waals surface area contributed by atoms with Gasteiger partial charge >= 0.3 is 0 Å². The summed E-state index contributed by atoms with van der Waals surface area (Å²) in [5, 5.41) is 11.0.